The van der Waals surface area contributed by atoms with Gasteiger partial charge in [-0.2, -0.15) is 5.26 Å². The molecule has 1 aromatic heterocycles. The van der Waals surface area contributed by atoms with Crippen LogP contribution in [0.25, 0.3) is 0 Å². The molecule has 0 amide bonds. The van der Waals surface area contributed by atoms with Crippen LogP contribution in [0.3, 0.4) is 0 Å². The molecule has 1 unspecified atom stereocenters. The number of aromatic amines is 1. The van der Waals surface area contributed by atoms with E-state index in [4.69, 9.17) is 29.4 Å². The van der Waals surface area contributed by atoms with E-state index >= 15 is 0 Å². The second kappa shape index (κ2) is 10.6. The molecule has 2 aliphatic rings. The van der Waals surface area contributed by atoms with Crippen molar-refractivity contribution in [2.45, 2.75) is 19.4 Å². The second-order valence-corrected chi connectivity index (χ2v) is 7.72. The van der Waals surface area contributed by atoms with Crippen molar-refractivity contribution in [2.24, 2.45) is 5.73 Å². The van der Waals surface area contributed by atoms with Crippen LogP contribution in [0.15, 0.2) is 29.7 Å². The average molecular weight is 456 g/mol. The predicted molar refractivity (Wildman–Crippen MR) is 119 cm³/mol. The first-order valence-corrected chi connectivity index (χ1v) is 11.0. The minimum absolute atomic E-state index is 0.0364. The van der Waals surface area contributed by atoms with Gasteiger partial charge in [-0.15, -0.1) is 5.10 Å². The van der Waals surface area contributed by atoms with Crippen molar-refractivity contribution >= 4 is 0 Å². The Bertz CT molecular complexity index is 1040. The summed E-state index contributed by atoms with van der Waals surface area (Å²) in [7, 11) is 1.59. The quantitative estimate of drug-likeness (QED) is 0.582. The van der Waals surface area contributed by atoms with Crippen molar-refractivity contribution in [1.29, 1.82) is 5.26 Å². The molecule has 0 aliphatic carbocycles. The lowest BCUT2D eigenvalue weighted by molar-refractivity contribution is 0.0321. The number of ether oxygens (including phenoxy) is 5. The number of hydrogen-bond donors (Lipinski definition) is 2. The van der Waals surface area contributed by atoms with Crippen molar-refractivity contribution in [3.63, 3.8) is 0 Å². The van der Waals surface area contributed by atoms with Crippen molar-refractivity contribution in [1.82, 2.24) is 15.1 Å². The van der Waals surface area contributed by atoms with E-state index in [-0.39, 0.29) is 5.88 Å². The summed E-state index contributed by atoms with van der Waals surface area (Å²) < 4.78 is 28.2. The van der Waals surface area contributed by atoms with Crippen LogP contribution in [0, 0.1) is 11.3 Å². The van der Waals surface area contributed by atoms with Gasteiger partial charge in [-0.05, 0) is 24.6 Å². The molecule has 1 aromatic carbocycles. The highest BCUT2D eigenvalue weighted by atomic mass is 16.5. The summed E-state index contributed by atoms with van der Waals surface area (Å²) in [5.74, 6) is 1.17. The Morgan fingerprint density at radius 2 is 2.09 bits per heavy atom. The van der Waals surface area contributed by atoms with Gasteiger partial charge in [-0.1, -0.05) is 6.07 Å². The Labute approximate surface area is 192 Å². The van der Waals surface area contributed by atoms with Gasteiger partial charge in [0.25, 0.3) is 0 Å². The first-order chi connectivity index (χ1) is 16.2. The van der Waals surface area contributed by atoms with Crippen LogP contribution >= 0.6 is 0 Å². The normalized spacial score (nSPS) is 18.4. The Kier molecular flexibility index (Phi) is 7.34. The van der Waals surface area contributed by atoms with Crippen molar-refractivity contribution in [3.05, 3.63) is 46.5 Å². The number of nitriles is 1. The molecule has 1 atom stereocenters. The van der Waals surface area contributed by atoms with Crippen LogP contribution in [-0.2, 0) is 16.1 Å². The Hall–Kier alpha value is -3.26. The minimum atomic E-state index is -0.468. The smallest absolute Gasteiger partial charge is 0.244 e. The van der Waals surface area contributed by atoms with Gasteiger partial charge in [0, 0.05) is 26.7 Å². The van der Waals surface area contributed by atoms with Gasteiger partial charge in [-0.25, -0.2) is 0 Å². The molecule has 1 saturated heterocycles. The van der Waals surface area contributed by atoms with Gasteiger partial charge >= 0.3 is 0 Å². The van der Waals surface area contributed by atoms with E-state index in [2.05, 4.69) is 21.2 Å². The molecule has 10 heteroatoms. The maximum Gasteiger partial charge on any atom is 0.244 e. The van der Waals surface area contributed by atoms with Crippen LogP contribution < -0.4 is 19.9 Å². The van der Waals surface area contributed by atoms with E-state index in [1.807, 2.05) is 25.1 Å². The lowest BCUT2D eigenvalue weighted by atomic mass is 9.84. The number of fused-ring (bicyclic) bond motifs is 1. The van der Waals surface area contributed by atoms with Gasteiger partial charge in [0.15, 0.2) is 11.5 Å². The van der Waals surface area contributed by atoms with E-state index in [1.165, 1.54) is 0 Å². The van der Waals surface area contributed by atoms with E-state index in [0.717, 1.165) is 49.7 Å². The molecule has 0 bridgehead atoms. The number of morpholine rings is 1. The standard InChI is InChI=1S/C23H29N5O5/c1-3-31-19-12-15(4-5-18(19)32-11-8-28-6-9-30-10-7-28)20-16(13-24)22(25)33-23-21(20)17(14-29-2)26-27-23/h4-5,12,20H,3,6-11,14,25H2,1-2H3,(H,26,27). The molecule has 0 saturated carbocycles. The summed E-state index contributed by atoms with van der Waals surface area (Å²) in [6, 6.07) is 7.88. The molecule has 3 N–H and O–H groups in total. The third kappa shape index (κ3) is 4.90. The van der Waals surface area contributed by atoms with E-state index in [1.54, 1.807) is 7.11 Å². The zero-order chi connectivity index (χ0) is 23.2. The van der Waals surface area contributed by atoms with Gasteiger partial charge in [0.1, 0.15) is 18.2 Å². The molecule has 0 spiro atoms. The number of aromatic nitrogens is 2. The Balaban J connectivity index is 1.62. The molecule has 176 valence electrons. The molecule has 3 heterocycles. The molecule has 10 nitrogen and oxygen atoms in total. The average Bonchev–Trinajstić information content (AvgIpc) is 3.22. The van der Waals surface area contributed by atoms with E-state index in [0.29, 0.717) is 42.8 Å². The third-order valence-electron chi connectivity index (χ3n) is 5.68. The lowest BCUT2D eigenvalue weighted by Crippen LogP contribution is -2.38. The Morgan fingerprint density at radius 3 is 2.82 bits per heavy atom. The van der Waals surface area contributed by atoms with Crippen LogP contribution in [0.1, 0.15) is 29.7 Å². The number of methoxy groups -OCH3 is 1. The number of H-pyrrole nitrogens is 1. The van der Waals surface area contributed by atoms with Gasteiger partial charge in [-0.3, -0.25) is 10.00 Å². The first-order valence-electron chi connectivity index (χ1n) is 11.0. The van der Waals surface area contributed by atoms with Crippen molar-refractivity contribution in [2.75, 3.05) is 53.2 Å². The lowest BCUT2D eigenvalue weighted by Gasteiger charge is -2.27. The summed E-state index contributed by atoms with van der Waals surface area (Å²) in [6.45, 7) is 7.36. The molecule has 1 fully saturated rings. The molecule has 33 heavy (non-hydrogen) atoms. The van der Waals surface area contributed by atoms with E-state index in [9.17, 15) is 5.26 Å². The van der Waals surface area contributed by atoms with Gasteiger partial charge < -0.3 is 29.4 Å². The van der Waals surface area contributed by atoms with Gasteiger partial charge in [0.2, 0.25) is 11.8 Å². The highest BCUT2D eigenvalue weighted by Gasteiger charge is 2.35. The number of hydrogen-bond acceptors (Lipinski definition) is 9. The summed E-state index contributed by atoms with van der Waals surface area (Å²) in [5, 5.41) is 17.0. The van der Waals surface area contributed by atoms with Gasteiger partial charge in [0.05, 0.1) is 43.6 Å². The first kappa shape index (κ1) is 22.9. The number of rotatable bonds is 9. The monoisotopic (exact) mass is 455 g/mol. The summed E-state index contributed by atoms with van der Waals surface area (Å²) in [6.07, 6.45) is 0. The third-order valence-corrected chi connectivity index (χ3v) is 5.68. The molecule has 2 aromatic rings. The van der Waals surface area contributed by atoms with Crippen LogP contribution in [-0.4, -0.2) is 68.3 Å². The fraction of sp³-hybridized carbons (Fsp3) is 0.478. The molecule has 0 radical (unpaired) electrons. The number of nitrogens with zero attached hydrogens (tertiary/aromatic N) is 3. The number of nitrogens with one attached hydrogen (secondary N) is 1. The highest BCUT2D eigenvalue weighted by molar-refractivity contribution is 5.57. The van der Waals surface area contributed by atoms with Crippen molar-refractivity contribution < 1.29 is 23.7 Å². The summed E-state index contributed by atoms with van der Waals surface area (Å²) >= 11 is 0. The van der Waals surface area contributed by atoms with Crippen LogP contribution in [0.5, 0.6) is 17.4 Å². The second-order valence-electron chi connectivity index (χ2n) is 7.72. The molecular weight excluding hydrogens is 426 g/mol. The summed E-state index contributed by atoms with van der Waals surface area (Å²) in [4.78, 5) is 2.31. The molecule has 2 aliphatic heterocycles. The number of nitrogens with two attached hydrogens (primary N) is 1. The fourth-order valence-corrected chi connectivity index (χ4v) is 4.10. The summed E-state index contributed by atoms with van der Waals surface area (Å²) in [5.41, 5.74) is 8.64. The molecule has 4 rings (SSSR count). The minimum Gasteiger partial charge on any atom is -0.490 e. The van der Waals surface area contributed by atoms with Crippen LogP contribution in [0.4, 0.5) is 0 Å². The zero-order valence-corrected chi connectivity index (χ0v) is 18.9. The topological polar surface area (TPSA) is 128 Å². The SMILES string of the molecule is CCOc1cc(C2C(C#N)=C(N)Oc3n[nH]c(COC)c32)ccc1OCCN1CCOCC1. The molecular formula is C23H29N5O5. The highest BCUT2D eigenvalue weighted by Crippen LogP contribution is 2.44. The number of allylic oxidation sites excluding steroid dienone is 1. The zero-order valence-electron chi connectivity index (χ0n) is 18.9. The Morgan fingerprint density at radius 1 is 1.27 bits per heavy atom. The fourth-order valence-electron chi connectivity index (χ4n) is 4.10. The largest absolute Gasteiger partial charge is 0.490 e. The number of benzene rings is 1. The van der Waals surface area contributed by atoms with Crippen LogP contribution in [0.2, 0.25) is 0 Å². The maximum atomic E-state index is 9.85. The van der Waals surface area contributed by atoms with Crippen molar-refractivity contribution in [3.8, 4) is 23.4 Å². The van der Waals surface area contributed by atoms with E-state index < -0.39 is 5.92 Å². The maximum absolute atomic E-state index is 9.85. The predicted octanol–water partition coefficient (Wildman–Crippen LogP) is 1.88.